The van der Waals surface area contributed by atoms with Crippen molar-refractivity contribution in [2.75, 3.05) is 0 Å². The lowest BCUT2D eigenvalue weighted by Gasteiger charge is -2.40. The molecule has 1 aliphatic rings. The van der Waals surface area contributed by atoms with Crippen molar-refractivity contribution in [3.05, 3.63) is 58.1 Å². The SMILES string of the molecule is CC(C)C1(C(C)C)c2cccc(Cl)c2-c2cc(F)cc(F)c21. The van der Waals surface area contributed by atoms with Gasteiger partial charge in [-0.25, -0.2) is 8.78 Å². The predicted octanol–water partition coefficient (Wildman–Crippen LogP) is 6.20. The lowest BCUT2D eigenvalue weighted by molar-refractivity contribution is 0.271. The third-order valence-electron chi connectivity index (χ3n) is 5.02. The lowest BCUT2D eigenvalue weighted by Crippen LogP contribution is -2.38. The van der Waals surface area contributed by atoms with Crippen molar-refractivity contribution in [2.45, 2.75) is 33.1 Å². The van der Waals surface area contributed by atoms with Crippen LogP contribution in [0.25, 0.3) is 11.1 Å². The molecular formula is C19H19ClF2. The molecule has 22 heavy (non-hydrogen) atoms. The quantitative estimate of drug-likeness (QED) is 0.618. The highest BCUT2D eigenvalue weighted by Crippen LogP contribution is 2.58. The first-order valence-electron chi connectivity index (χ1n) is 7.60. The standard InChI is InChI=1S/C19H19ClF2/c1-10(2)19(11(3)4)14-6-5-7-15(20)17(14)13-8-12(21)9-16(22)18(13)19/h5-11H,1-4H3. The van der Waals surface area contributed by atoms with E-state index >= 15 is 0 Å². The third kappa shape index (κ3) is 1.80. The molecule has 0 unspecified atom stereocenters. The van der Waals surface area contributed by atoms with Gasteiger partial charge in [0.15, 0.2) is 0 Å². The molecule has 0 atom stereocenters. The predicted molar refractivity (Wildman–Crippen MR) is 87.3 cm³/mol. The van der Waals surface area contributed by atoms with Crippen LogP contribution in [-0.2, 0) is 5.41 Å². The molecule has 0 aliphatic heterocycles. The largest absolute Gasteiger partial charge is 0.207 e. The second kappa shape index (κ2) is 5.06. The van der Waals surface area contributed by atoms with Crippen LogP contribution in [0.2, 0.25) is 5.02 Å². The first kappa shape index (κ1) is 15.5. The first-order valence-corrected chi connectivity index (χ1v) is 7.98. The van der Waals surface area contributed by atoms with Crippen LogP contribution < -0.4 is 0 Å². The van der Waals surface area contributed by atoms with E-state index in [1.54, 1.807) is 6.07 Å². The highest BCUT2D eigenvalue weighted by atomic mass is 35.5. The fourth-order valence-corrected chi connectivity index (χ4v) is 4.61. The van der Waals surface area contributed by atoms with E-state index in [9.17, 15) is 8.78 Å². The monoisotopic (exact) mass is 320 g/mol. The highest BCUT2D eigenvalue weighted by molar-refractivity contribution is 6.33. The maximum Gasteiger partial charge on any atom is 0.130 e. The number of hydrogen-bond acceptors (Lipinski definition) is 0. The average Bonchev–Trinajstić information content (AvgIpc) is 2.71. The fraction of sp³-hybridized carbons (Fsp3) is 0.368. The van der Waals surface area contributed by atoms with Crippen LogP contribution >= 0.6 is 11.6 Å². The Balaban J connectivity index is 2.53. The molecule has 0 fully saturated rings. The van der Waals surface area contributed by atoms with Gasteiger partial charge in [-0.3, -0.25) is 0 Å². The van der Waals surface area contributed by atoms with Gasteiger partial charge >= 0.3 is 0 Å². The minimum Gasteiger partial charge on any atom is -0.207 e. The number of fused-ring (bicyclic) bond motifs is 3. The van der Waals surface area contributed by atoms with Gasteiger partial charge in [0, 0.05) is 27.6 Å². The molecule has 0 radical (unpaired) electrons. The smallest absolute Gasteiger partial charge is 0.130 e. The molecule has 2 aromatic carbocycles. The van der Waals surface area contributed by atoms with Crippen molar-refractivity contribution in [2.24, 2.45) is 11.8 Å². The van der Waals surface area contributed by atoms with E-state index in [0.29, 0.717) is 16.1 Å². The molecule has 0 aromatic heterocycles. The summed E-state index contributed by atoms with van der Waals surface area (Å²) >= 11 is 6.39. The first-order chi connectivity index (χ1) is 10.3. The zero-order valence-corrected chi connectivity index (χ0v) is 13.9. The topological polar surface area (TPSA) is 0 Å². The minimum absolute atomic E-state index is 0.158. The molecule has 0 amide bonds. The van der Waals surface area contributed by atoms with Crippen LogP contribution in [0.1, 0.15) is 38.8 Å². The van der Waals surface area contributed by atoms with Crippen LogP contribution in [-0.4, -0.2) is 0 Å². The van der Waals surface area contributed by atoms with Crippen LogP contribution in [0.15, 0.2) is 30.3 Å². The molecule has 0 bridgehead atoms. The maximum atomic E-state index is 14.8. The normalized spacial score (nSPS) is 15.3. The Hall–Kier alpha value is -1.41. The number of halogens is 3. The van der Waals surface area contributed by atoms with Gasteiger partial charge < -0.3 is 0 Å². The Morgan fingerprint density at radius 3 is 2.23 bits per heavy atom. The molecule has 0 saturated carbocycles. The van der Waals surface area contributed by atoms with Crippen molar-refractivity contribution in [1.29, 1.82) is 0 Å². The third-order valence-corrected chi connectivity index (χ3v) is 5.33. The van der Waals surface area contributed by atoms with E-state index in [1.807, 2.05) is 12.1 Å². The zero-order chi connectivity index (χ0) is 16.2. The van der Waals surface area contributed by atoms with Gasteiger partial charge in [0.25, 0.3) is 0 Å². The van der Waals surface area contributed by atoms with Gasteiger partial charge in [-0.1, -0.05) is 51.4 Å². The van der Waals surface area contributed by atoms with Crippen molar-refractivity contribution < 1.29 is 8.78 Å². The molecule has 0 heterocycles. The summed E-state index contributed by atoms with van der Waals surface area (Å²) in [4.78, 5) is 0. The second-order valence-electron chi connectivity index (χ2n) is 6.65. The molecule has 0 saturated heterocycles. The van der Waals surface area contributed by atoms with Crippen LogP contribution in [0.3, 0.4) is 0 Å². The molecule has 3 rings (SSSR count). The lowest BCUT2D eigenvalue weighted by atomic mass is 9.63. The Kier molecular flexibility index (Phi) is 3.56. The van der Waals surface area contributed by atoms with Gasteiger partial charge in [-0.2, -0.15) is 0 Å². The minimum atomic E-state index is -0.564. The summed E-state index contributed by atoms with van der Waals surface area (Å²) in [6.07, 6.45) is 0. The molecule has 3 heteroatoms. The molecule has 116 valence electrons. The van der Waals surface area contributed by atoms with E-state index in [0.717, 1.165) is 17.2 Å². The average molecular weight is 321 g/mol. The summed E-state index contributed by atoms with van der Waals surface area (Å²) in [5.41, 5.74) is 2.47. The van der Waals surface area contributed by atoms with E-state index in [1.165, 1.54) is 6.07 Å². The summed E-state index contributed by atoms with van der Waals surface area (Å²) in [6.45, 7) is 8.34. The summed E-state index contributed by atoms with van der Waals surface area (Å²) in [5.74, 6) is -0.730. The molecule has 2 aromatic rings. The molecule has 1 aliphatic carbocycles. The van der Waals surface area contributed by atoms with Gasteiger partial charge in [0.1, 0.15) is 11.6 Å². The highest BCUT2D eigenvalue weighted by Gasteiger charge is 2.50. The van der Waals surface area contributed by atoms with Gasteiger partial charge in [0.2, 0.25) is 0 Å². The van der Waals surface area contributed by atoms with E-state index in [4.69, 9.17) is 11.6 Å². The van der Waals surface area contributed by atoms with Crippen LogP contribution in [0.4, 0.5) is 8.78 Å². The zero-order valence-electron chi connectivity index (χ0n) is 13.2. The summed E-state index contributed by atoms with van der Waals surface area (Å²) in [6, 6.07) is 8.07. The molecular weight excluding hydrogens is 302 g/mol. The van der Waals surface area contributed by atoms with Crippen molar-refractivity contribution in [3.8, 4) is 11.1 Å². The Bertz CT molecular complexity index is 739. The van der Waals surface area contributed by atoms with E-state index in [-0.39, 0.29) is 11.8 Å². The van der Waals surface area contributed by atoms with E-state index in [2.05, 4.69) is 27.7 Å². The van der Waals surface area contributed by atoms with Gasteiger partial charge in [-0.05, 0) is 35.1 Å². The van der Waals surface area contributed by atoms with Gasteiger partial charge in [-0.15, -0.1) is 0 Å². The van der Waals surface area contributed by atoms with Crippen molar-refractivity contribution in [1.82, 2.24) is 0 Å². The van der Waals surface area contributed by atoms with Crippen molar-refractivity contribution >= 4 is 11.6 Å². The molecule has 0 N–H and O–H groups in total. The number of hydrogen-bond donors (Lipinski definition) is 0. The Morgan fingerprint density at radius 1 is 1.00 bits per heavy atom. The maximum absolute atomic E-state index is 14.8. The van der Waals surface area contributed by atoms with Crippen LogP contribution in [0, 0.1) is 23.5 Å². The van der Waals surface area contributed by atoms with Crippen molar-refractivity contribution in [3.63, 3.8) is 0 Å². The summed E-state index contributed by atoms with van der Waals surface area (Å²) in [7, 11) is 0. The Labute approximate surface area is 135 Å². The van der Waals surface area contributed by atoms with E-state index < -0.39 is 17.0 Å². The molecule has 0 nitrogen and oxygen atoms in total. The summed E-state index contributed by atoms with van der Waals surface area (Å²) in [5, 5.41) is 0.548. The van der Waals surface area contributed by atoms with Gasteiger partial charge in [0.05, 0.1) is 0 Å². The second-order valence-corrected chi connectivity index (χ2v) is 7.06. The fourth-order valence-electron chi connectivity index (χ4n) is 4.33. The molecule has 0 spiro atoms. The number of rotatable bonds is 2. The number of benzene rings is 2. The Morgan fingerprint density at radius 2 is 1.64 bits per heavy atom. The van der Waals surface area contributed by atoms with Crippen LogP contribution in [0.5, 0.6) is 0 Å². The summed E-state index contributed by atoms with van der Waals surface area (Å²) < 4.78 is 28.6.